The van der Waals surface area contributed by atoms with Gasteiger partial charge in [0.15, 0.2) is 0 Å². The lowest BCUT2D eigenvalue weighted by Gasteiger charge is -2.15. The number of methoxy groups -OCH3 is 1. The van der Waals surface area contributed by atoms with Gasteiger partial charge in [-0.15, -0.1) is 12.6 Å². The smallest absolute Gasteiger partial charge is 0.323 e. The number of thiol groups is 1. The zero-order chi connectivity index (χ0) is 14.7. The van der Waals surface area contributed by atoms with Gasteiger partial charge in [-0.25, -0.2) is 0 Å². The summed E-state index contributed by atoms with van der Waals surface area (Å²) in [5.74, 6) is -0.631. The van der Waals surface area contributed by atoms with E-state index >= 15 is 0 Å². The van der Waals surface area contributed by atoms with Gasteiger partial charge in [-0.1, -0.05) is 23.9 Å². The lowest BCUT2D eigenvalue weighted by atomic mass is 10.2. The fourth-order valence-corrected chi connectivity index (χ4v) is 3.19. The van der Waals surface area contributed by atoms with Gasteiger partial charge in [0.2, 0.25) is 0 Å². The van der Waals surface area contributed by atoms with Crippen LogP contribution >= 0.6 is 24.4 Å². The molecule has 2 rings (SSSR count). The van der Waals surface area contributed by atoms with Crippen molar-refractivity contribution in [1.29, 1.82) is 0 Å². The minimum atomic E-state index is -1.05. The summed E-state index contributed by atoms with van der Waals surface area (Å²) in [4.78, 5) is 24.5. The highest BCUT2D eigenvalue weighted by Gasteiger charge is 2.35. The Hall–Kier alpha value is -1.60. The summed E-state index contributed by atoms with van der Waals surface area (Å²) in [5, 5.41) is 8.77. The number of thioether (sulfide) groups is 1. The molecule has 1 aliphatic heterocycles. The fraction of sp³-hybridized carbons (Fsp3) is 0.231. The Balaban J connectivity index is 2.18. The number of ether oxygens (including phenoxy) is 1. The summed E-state index contributed by atoms with van der Waals surface area (Å²) in [5.41, 5.74) is 0.847. The second-order valence-electron chi connectivity index (χ2n) is 4.05. The maximum Gasteiger partial charge on any atom is 0.323 e. The van der Waals surface area contributed by atoms with Crippen LogP contribution < -0.4 is 4.74 Å². The largest absolute Gasteiger partial charge is 0.497 e. The van der Waals surface area contributed by atoms with Crippen LogP contribution in [0.1, 0.15) is 5.56 Å². The van der Waals surface area contributed by atoms with Gasteiger partial charge in [-0.05, 0) is 23.8 Å². The molecule has 0 aromatic heterocycles. The first-order valence-corrected chi connectivity index (χ1v) is 7.14. The van der Waals surface area contributed by atoms with Crippen molar-refractivity contribution in [3.63, 3.8) is 0 Å². The van der Waals surface area contributed by atoms with Gasteiger partial charge < -0.3 is 14.7 Å². The Bertz CT molecular complexity index is 556. The first-order valence-electron chi connectivity index (χ1n) is 5.74. The number of carbonyl (C=O) groups is 2. The van der Waals surface area contributed by atoms with Crippen LogP contribution in [0.5, 0.6) is 5.75 Å². The van der Waals surface area contributed by atoms with Crippen LogP contribution in [0, 0.1) is 0 Å². The van der Waals surface area contributed by atoms with Crippen LogP contribution in [-0.2, 0) is 9.59 Å². The number of hydrogen-bond acceptors (Lipinski definition) is 5. The number of rotatable bonds is 4. The van der Waals surface area contributed by atoms with E-state index in [1.807, 2.05) is 12.1 Å². The summed E-state index contributed by atoms with van der Waals surface area (Å²) >= 11 is 5.46. The van der Waals surface area contributed by atoms with Crippen LogP contribution in [0.4, 0.5) is 0 Å². The molecule has 1 unspecified atom stereocenters. The maximum absolute atomic E-state index is 12.1. The topological polar surface area (TPSA) is 66.8 Å². The molecule has 1 saturated heterocycles. The third-order valence-corrected chi connectivity index (χ3v) is 4.30. The van der Waals surface area contributed by atoms with Crippen molar-refractivity contribution in [2.45, 2.75) is 4.71 Å². The molecule has 0 radical (unpaired) electrons. The molecule has 1 aromatic rings. The number of hydrogen-bond donors (Lipinski definition) is 2. The molecular formula is C13H13NO4S2. The predicted octanol–water partition coefficient (Wildman–Crippen LogP) is 1.91. The number of carboxylic acids is 1. The normalized spacial score (nSPS) is 20.5. The van der Waals surface area contributed by atoms with E-state index in [-0.39, 0.29) is 12.5 Å². The molecular weight excluding hydrogens is 298 g/mol. The van der Waals surface area contributed by atoms with Gasteiger partial charge in [0.1, 0.15) is 17.0 Å². The van der Waals surface area contributed by atoms with Gasteiger partial charge in [-0.2, -0.15) is 0 Å². The summed E-state index contributed by atoms with van der Waals surface area (Å²) < 4.78 is 4.59. The van der Waals surface area contributed by atoms with E-state index in [4.69, 9.17) is 9.84 Å². The van der Waals surface area contributed by atoms with Crippen LogP contribution in [0.3, 0.4) is 0 Å². The van der Waals surface area contributed by atoms with Crippen LogP contribution in [0.15, 0.2) is 29.2 Å². The van der Waals surface area contributed by atoms with Crippen molar-refractivity contribution < 1.29 is 19.4 Å². The third kappa shape index (κ3) is 3.29. The van der Waals surface area contributed by atoms with E-state index in [0.29, 0.717) is 4.91 Å². The number of aliphatic carboxylic acids is 1. The first-order chi connectivity index (χ1) is 9.51. The van der Waals surface area contributed by atoms with Crippen LogP contribution in [-0.4, -0.2) is 40.2 Å². The highest BCUT2D eigenvalue weighted by Crippen LogP contribution is 2.37. The summed E-state index contributed by atoms with van der Waals surface area (Å²) in [6.45, 7) is -0.347. The van der Waals surface area contributed by atoms with Crippen LogP contribution in [0.2, 0.25) is 0 Å². The van der Waals surface area contributed by atoms with Gasteiger partial charge in [0.25, 0.3) is 5.91 Å². The Labute approximate surface area is 126 Å². The van der Waals surface area contributed by atoms with Crippen molar-refractivity contribution in [3.05, 3.63) is 34.7 Å². The molecule has 1 aliphatic rings. The first kappa shape index (κ1) is 14.8. The van der Waals surface area contributed by atoms with Crippen molar-refractivity contribution in [2.75, 3.05) is 13.7 Å². The Morgan fingerprint density at radius 2 is 2.15 bits per heavy atom. The second kappa shape index (κ2) is 6.23. The number of carboxylic acid groups (broad SMARTS) is 1. The van der Waals surface area contributed by atoms with Crippen LogP contribution in [0.25, 0.3) is 6.08 Å². The second-order valence-corrected chi connectivity index (χ2v) is 6.01. The quantitative estimate of drug-likeness (QED) is 0.657. The van der Waals surface area contributed by atoms with E-state index in [1.54, 1.807) is 25.3 Å². The number of nitrogens with zero attached hydrogens (tertiary/aromatic N) is 1. The van der Waals surface area contributed by atoms with Crippen molar-refractivity contribution >= 4 is 42.3 Å². The zero-order valence-electron chi connectivity index (χ0n) is 10.6. The highest BCUT2D eigenvalue weighted by molar-refractivity contribution is 8.14. The SMILES string of the molecule is COc1ccc(C=C2SC(S)N(CC(=O)O)C2=O)cc1. The Morgan fingerprint density at radius 3 is 2.70 bits per heavy atom. The predicted molar refractivity (Wildman–Crippen MR) is 80.7 cm³/mol. The Kier molecular flexibility index (Phi) is 4.61. The molecule has 1 amide bonds. The molecule has 7 heteroatoms. The van der Waals surface area contributed by atoms with Gasteiger partial charge in [0, 0.05) is 0 Å². The monoisotopic (exact) mass is 311 g/mol. The van der Waals surface area contributed by atoms with Gasteiger partial charge >= 0.3 is 5.97 Å². The molecule has 0 spiro atoms. The van der Waals surface area contributed by atoms with Crippen molar-refractivity contribution in [1.82, 2.24) is 4.90 Å². The molecule has 0 aliphatic carbocycles. The molecule has 0 saturated carbocycles. The average Bonchev–Trinajstić information content (AvgIpc) is 2.67. The minimum Gasteiger partial charge on any atom is -0.497 e. The summed E-state index contributed by atoms with van der Waals surface area (Å²) in [6.07, 6.45) is 1.72. The minimum absolute atomic E-state index is 0.312. The average molecular weight is 311 g/mol. The van der Waals surface area contributed by atoms with E-state index < -0.39 is 10.7 Å². The molecule has 20 heavy (non-hydrogen) atoms. The summed E-state index contributed by atoms with van der Waals surface area (Å²) in [6, 6.07) is 7.24. The van der Waals surface area contributed by atoms with Gasteiger partial charge in [-0.3, -0.25) is 9.59 Å². The van der Waals surface area contributed by atoms with Gasteiger partial charge in [0.05, 0.1) is 12.0 Å². The molecule has 1 atom stereocenters. The zero-order valence-corrected chi connectivity index (χ0v) is 12.4. The molecule has 106 valence electrons. The third-order valence-electron chi connectivity index (χ3n) is 2.69. The number of benzene rings is 1. The molecule has 1 aromatic carbocycles. The van der Waals surface area contributed by atoms with Crippen molar-refractivity contribution in [2.24, 2.45) is 0 Å². The van der Waals surface area contributed by atoms with E-state index in [1.165, 1.54) is 16.7 Å². The maximum atomic E-state index is 12.1. The molecule has 1 heterocycles. The fourth-order valence-electron chi connectivity index (χ4n) is 1.71. The summed E-state index contributed by atoms with van der Waals surface area (Å²) in [7, 11) is 1.58. The van der Waals surface area contributed by atoms with E-state index in [0.717, 1.165) is 11.3 Å². The number of amides is 1. The highest BCUT2D eigenvalue weighted by atomic mass is 32.2. The van der Waals surface area contributed by atoms with E-state index in [9.17, 15) is 9.59 Å². The van der Waals surface area contributed by atoms with Crippen molar-refractivity contribution in [3.8, 4) is 5.75 Å². The lowest BCUT2D eigenvalue weighted by molar-refractivity contribution is -0.142. The number of carbonyl (C=O) groups excluding carboxylic acids is 1. The standard InChI is InChI=1S/C13H13NO4S2/c1-18-9-4-2-8(3-5-9)6-10-12(17)14(7-11(15)16)13(19)20-10/h2-6,13,19H,7H2,1H3,(H,15,16). The molecule has 1 fully saturated rings. The lowest BCUT2D eigenvalue weighted by Crippen LogP contribution is -2.34. The molecule has 1 N–H and O–H groups in total. The molecule has 5 nitrogen and oxygen atoms in total. The molecule has 0 bridgehead atoms. The Morgan fingerprint density at radius 1 is 1.50 bits per heavy atom. The van der Waals surface area contributed by atoms with E-state index in [2.05, 4.69) is 12.6 Å².